The van der Waals surface area contributed by atoms with Gasteiger partial charge in [-0.3, -0.25) is 10.2 Å². The lowest BCUT2D eigenvalue weighted by Gasteiger charge is -2.07. The fourth-order valence-electron chi connectivity index (χ4n) is 2.21. The molecule has 0 aliphatic rings. The van der Waals surface area contributed by atoms with Gasteiger partial charge in [0.25, 0.3) is 0 Å². The largest absolute Gasteiger partial charge is 0.291 e. The van der Waals surface area contributed by atoms with Crippen molar-refractivity contribution in [2.24, 2.45) is 0 Å². The molecule has 0 aromatic heterocycles. The molecule has 1 amide bonds. The van der Waals surface area contributed by atoms with Gasteiger partial charge >= 0.3 is 0 Å². The fourth-order valence-corrected chi connectivity index (χ4v) is 2.53. The first-order valence-corrected chi connectivity index (χ1v) is 8.40. The molecular formula is C18H20Cl2N2O. The molecule has 0 saturated carbocycles. The smallest absolute Gasteiger partial charge is 0.234 e. The summed E-state index contributed by atoms with van der Waals surface area (Å²) < 4.78 is 0. The second kappa shape index (κ2) is 9.56. The minimum Gasteiger partial charge on any atom is -0.291 e. The number of aryl methyl sites for hydroxylation is 1. The number of rotatable bonds is 8. The summed E-state index contributed by atoms with van der Waals surface area (Å²) in [7, 11) is 0. The van der Waals surface area contributed by atoms with Crippen molar-refractivity contribution >= 4 is 29.1 Å². The molecule has 5 heteroatoms. The Bertz CT molecular complexity index is 632. The van der Waals surface area contributed by atoms with E-state index in [0.717, 1.165) is 30.4 Å². The molecular weight excluding hydrogens is 331 g/mol. The molecule has 2 N–H and O–H groups in total. The molecule has 122 valence electrons. The lowest BCUT2D eigenvalue weighted by atomic mass is 10.1. The standard InChI is InChI=1S/C18H20Cl2N2O/c19-16-11-10-14(12-17(16)20)6-4-5-9-18(23)22-21-13-15-7-2-1-3-8-15/h1-3,7-8,10-12,21H,4-6,9,13H2,(H,22,23). The van der Waals surface area contributed by atoms with Crippen LogP contribution in [0.5, 0.6) is 0 Å². The number of hydrogen-bond donors (Lipinski definition) is 2. The van der Waals surface area contributed by atoms with E-state index in [4.69, 9.17) is 23.2 Å². The summed E-state index contributed by atoms with van der Waals surface area (Å²) in [6.07, 6.45) is 3.16. The molecule has 0 radical (unpaired) electrons. The van der Waals surface area contributed by atoms with Gasteiger partial charge in [0.2, 0.25) is 5.91 Å². The Balaban J connectivity index is 1.58. The van der Waals surface area contributed by atoms with Gasteiger partial charge in [-0.05, 0) is 42.5 Å². The molecule has 0 heterocycles. The highest BCUT2D eigenvalue weighted by Gasteiger charge is 2.03. The van der Waals surface area contributed by atoms with Crippen molar-refractivity contribution in [1.29, 1.82) is 0 Å². The average Bonchev–Trinajstić information content (AvgIpc) is 2.56. The Morgan fingerprint density at radius 2 is 1.70 bits per heavy atom. The van der Waals surface area contributed by atoms with Gasteiger partial charge in [0, 0.05) is 13.0 Å². The van der Waals surface area contributed by atoms with E-state index < -0.39 is 0 Å². The Hall–Kier alpha value is -1.55. The number of hydrazine groups is 1. The van der Waals surface area contributed by atoms with Crippen LogP contribution in [-0.4, -0.2) is 5.91 Å². The lowest BCUT2D eigenvalue weighted by Crippen LogP contribution is -2.36. The molecule has 0 aliphatic heterocycles. The zero-order chi connectivity index (χ0) is 16.5. The average molecular weight is 351 g/mol. The van der Waals surface area contributed by atoms with Crippen LogP contribution in [0, 0.1) is 0 Å². The van der Waals surface area contributed by atoms with E-state index in [1.165, 1.54) is 0 Å². The van der Waals surface area contributed by atoms with Crippen molar-refractivity contribution in [2.45, 2.75) is 32.2 Å². The fraction of sp³-hybridized carbons (Fsp3) is 0.278. The number of unbranched alkanes of at least 4 members (excludes halogenated alkanes) is 1. The van der Waals surface area contributed by atoms with Gasteiger partial charge in [0.1, 0.15) is 0 Å². The maximum atomic E-state index is 11.7. The lowest BCUT2D eigenvalue weighted by molar-refractivity contribution is -0.122. The number of amides is 1. The van der Waals surface area contributed by atoms with E-state index in [-0.39, 0.29) is 5.91 Å². The molecule has 0 fully saturated rings. The summed E-state index contributed by atoms with van der Waals surface area (Å²) in [5.74, 6) is 0.00932. The molecule has 0 saturated heterocycles. The minimum atomic E-state index is 0.00932. The monoisotopic (exact) mass is 350 g/mol. The molecule has 0 unspecified atom stereocenters. The van der Waals surface area contributed by atoms with Crippen molar-refractivity contribution in [1.82, 2.24) is 10.9 Å². The number of carbonyl (C=O) groups excluding carboxylic acids is 1. The first-order chi connectivity index (χ1) is 11.1. The quantitative estimate of drug-likeness (QED) is 0.542. The first-order valence-electron chi connectivity index (χ1n) is 7.65. The first kappa shape index (κ1) is 17.8. The summed E-state index contributed by atoms with van der Waals surface area (Å²) in [5.41, 5.74) is 7.93. The Kier molecular flexibility index (Phi) is 7.40. The molecule has 2 rings (SSSR count). The Morgan fingerprint density at radius 3 is 2.43 bits per heavy atom. The second-order valence-corrected chi connectivity index (χ2v) is 6.16. The summed E-state index contributed by atoms with van der Waals surface area (Å²) in [6.45, 7) is 0.621. The molecule has 0 aliphatic carbocycles. The van der Waals surface area contributed by atoms with Crippen LogP contribution in [0.1, 0.15) is 30.4 Å². The number of benzene rings is 2. The van der Waals surface area contributed by atoms with Gasteiger partial charge < -0.3 is 0 Å². The Morgan fingerprint density at radius 1 is 0.913 bits per heavy atom. The molecule has 23 heavy (non-hydrogen) atoms. The number of nitrogens with one attached hydrogen (secondary N) is 2. The normalized spacial score (nSPS) is 10.5. The van der Waals surface area contributed by atoms with Crippen LogP contribution >= 0.6 is 23.2 Å². The van der Waals surface area contributed by atoms with Gasteiger partial charge in [-0.25, -0.2) is 5.43 Å². The van der Waals surface area contributed by atoms with Crippen LogP contribution < -0.4 is 10.9 Å². The zero-order valence-corrected chi connectivity index (χ0v) is 14.3. The topological polar surface area (TPSA) is 41.1 Å². The van der Waals surface area contributed by atoms with Crippen molar-refractivity contribution in [3.8, 4) is 0 Å². The summed E-state index contributed by atoms with van der Waals surface area (Å²) in [5, 5.41) is 1.14. The van der Waals surface area contributed by atoms with Gasteiger partial charge in [0.05, 0.1) is 10.0 Å². The summed E-state index contributed by atoms with van der Waals surface area (Å²) in [4.78, 5) is 11.7. The highest BCUT2D eigenvalue weighted by atomic mass is 35.5. The third-order valence-corrected chi connectivity index (χ3v) is 4.21. The van der Waals surface area contributed by atoms with Crippen molar-refractivity contribution in [2.75, 3.05) is 0 Å². The van der Waals surface area contributed by atoms with E-state index in [9.17, 15) is 4.79 Å². The van der Waals surface area contributed by atoms with E-state index in [1.807, 2.05) is 42.5 Å². The summed E-state index contributed by atoms with van der Waals surface area (Å²) in [6, 6.07) is 15.6. The van der Waals surface area contributed by atoms with Crippen LogP contribution in [0.25, 0.3) is 0 Å². The van der Waals surface area contributed by atoms with E-state index in [2.05, 4.69) is 10.9 Å². The van der Waals surface area contributed by atoms with E-state index in [1.54, 1.807) is 6.07 Å². The SMILES string of the molecule is O=C(CCCCc1ccc(Cl)c(Cl)c1)NNCc1ccccc1. The van der Waals surface area contributed by atoms with Crippen LogP contribution in [0.15, 0.2) is 48.5 Å². The highest BCUT2D eigenvalue weighted by molar-refractivity contribution is 6.42. The highest BCUT2D eigenvalue weighted by Crippen LogP contribution is 2.23. The van der Waals surface area contributed by atoms with E-state index in [0.29, 0.717) is 23.0 Å². The van der Waals surface area contributed by atoms with Crippen molar-refractivity contribution in [3.05, 3.63) is 69.7 Å². The molecule has 2 aromatic rings. The molecule has 2 aromatic carbocycles. The number of carbonyl (C=O) groups is 1. The molecule has 0 bridgehead atoms. The molecule has 3 nitrogen and oxygen atoms in total. The van der Waals surface area contributed by atoms with Crippen LogP contribution in [0.2, 0.25) is 10.0 Å². The number of halogens is 2. The third-order valence-electron chi connectivity index (χ3n) is 3.47. The van der Waals surface area contributed by atoms with Gasteiger partial charge in [-0.15, -0.1) is 0 Å². The maximum absolute atomic E-state index is 11.7. The van der Waals surface area contributed by atoms with Gasteiger partial charge in [0.15, 0.2) is 0 Å². The van der Waals surface area contributed by atoms with Crippen molar-refractivity contribution in [3.63, 3.8) is 0 Å². The zero-order valence-electron chi connectivity index (χ0n) is 12.8. The third kappa shape index (κ3) is 6.61. The van der Waals surface area contributed by atoms with Gasteiger partial charge in [-0.1, -0.05) is 59.6 Å². The Labute approximate surface area is 147 Å². The minimum absolute atomic E-state index is 0.00932. The predicted molar refractivity (Wildman–Crippen MR) is 95.4 cm³/mol. The van der Waals surface area contributed by atoms with Gasteiger partial charge in [-0.2, -0.15) is 0 Å². The summed E-state index contributed by atoms with van der Waals surface area (Å²) >= 11 is 11.9. The number of hydrogen-bond acceptors (Lipinski definition) is 2. The van der Waals surface area contributed by atoms with Crippen LogP contribution in [-0.2, 0) is 17.8 Å². The second-order valence-electron chi connectivity index (χ2n) is 5.34. The predicted octanol–water partition coefficient (Wildman–Crippen LogP) is 4.53. The van der Waals surface area contributed by atoms with Crippen LogP contribution in [0.4, 0.5) is 0 Å². The van der Waals surface area contributed by atoms with E-state index >= 15 is 0 Å². The van der Waals surface area contributed by atoms with Crippen molar-refractivity contribution < 1.29 is 4.79 Å². The molecule has 0 atom stereocenters. The maximum Gasteiger partial charge on any atom is 0.234 e. The molecule has 0 spiro atoms. The van der Waals surface area contributed by atoms with Crippen LogP contribution in [0.3, 0.4) is 0 Å².